The van der Waals surface area contributed by atoms with Crippen molar-refractivity contribution >= 4 is 5.69 Å². The molecule has 0 saturated carbocycles. The van der Waals surface area contributed by atoms with Crippen LogP contribution in [0.3, 0.4) is 0 Å². The number of hydrogen-bond acceptors (Lipinski definition) is 2. The molecule has 0 aliphatic carbocycles. The maximum Gasteiger partial charge on any atom is 0.418 e. The Morgan fingerprint density at radius 1 is 1.17 bits per heavy atom. The molecule has 0 amide bonds. The number of rotatable bonds is 4. The van der Waals surface area contributed by atoms with Crippen molar-refractivity contribution in [3.63, 3.8) is 0 Å². The molecule has 0 fully saturated rings. The fourth-order valence-corrected chi connectivity index (χ4v) is 1.42. The van der Waals surface area contributed by atoms with E-state index >= 15 is 0 Å². The third-order valence-corrected chi connectivity index (χ3v) is 2.92. The molecule has 1 N–H and O–H groups in total. The molecule has 18 heavy (non-hydrogen) atoms. The van der Waals surface area contributed by atoms with Gasteiger partial charge in [0.25, 0.3) is 0 Å². The van der Waals surface area contributed by atoms with Crippen LogP contribution in [0.1, 0.15) is 26.3 Å². The zero-order valence-corrected chi connectivity index (χ0v) is 10.9. The molecule has 1 aromatic rings. The SMILES string of the molecule is COc1ccc(NC(C)C(C)C)c(C(F)(F)F)c1. The largest absolute Gasteiger partial charge is 0.497 e. The number of ether oxygens (including phenoxy) is 1. The van der Waals surface area contributed by atoms with Crippen molar-refractivity contribution in [2.24, 2.45) is 5.92 Å². The molecule has 1 unspecified atom stereocenters. The summed E-state index contributed by atoms with van der Waals surface area (Å²) < 4.78 is 43.6. The molecule has 0 aliphatic rings. The molecule has 0 aliphatic heterocycles. The van der Waals surface area contributed by atoms with Crippen LogP contribution in [0, 0.1) is 5.92 Å². The Hall–Kier alpha value is -1.39. The van der Waals surface area contributed by atoms with Crippen molar-refractivity contribution < 1.29 is 17.9 Å². The quantitative estimate of drug-likeness (QED) is 0.878. The Balaban J connectivity index is 3.11. The van der Waals surface area contributed by atoms with Gasteiger partial charge in [0.1, 0.15) is 5.75 Å². The van der Waals surface area contributed by atoms with E-state index in [1.807, 2.05) is 20.8 Å². The molecule has 0 radical (unpaired) electrons. The monoisotopic (exact) mass is 261 g/mol. The Kier molecular flexibility index (Phi) is 4.48. The van der Waals surface area contributed by atoms with Gasteiger partial charge in [-0.2, -0.15) is 13.2 Å². The molecule has 0 saturated heterocycles. The van der Waals surface area contributed by atoms with Crippen LogP contribution in [-0.4, -0.2) is 13.2 Å². The van der Waals surface area contributed by atoms with E-state index in [1.165, 1.54) is 19.2 Å². The first-order valence-corrected chi connectivity index (χ1v) is 5.77. The molecular weight excluding hydrogens is 243 g/mol. The van der Waals surface area contributed by atoms with E-state index in [-0.39, 0.29) is 23.4 Å². The molecule has 1 aromatic carbocycles. The van der Waals surface area contributed by atoms with Crippen LogP contribution in [0.25, 0.3) is 0 Å². The van der Waals surface area contributed by atoms with E-state index < -0.39 is 11.7 Å². The lowest BCUT2D eigenvalue weighted by atomic mass is 10.0. The standard InChI is InChI=1S/C13H18F3NO/c1-8(2)9(3)17-12-6-5-10(18-4)7-11(12)13(14,15)16/h5-9,17H,1-4H3. The van der Waals surface area contributed by atoms with Gasteiger partial charge in [-0.05, 0) is 31.0 Å². The average Bonchev–Trinajstić information content (AvgIpc) is 2.27. The summed E-state index contributed by atoms with van der Waals surface area (Å²) in [5.74, 6) is 0.443. The first-order chi connectivity index (χ1) is 8.25. The van der Waals surface area contributed by atoms with Crippen LogP contribution in [0.15, 0.2) is 18.2 Å². The first-order valence-electron chi connectivity index (χ1n) is 5.77. The maximum atomic E-state index is 12.9. The summed E-state index contributed by atoms with van der Waals surface area (Å²) in [6.07, 6.45) is -4.40. The lowest BCUT2D eigenvalue weighted by molar-refractivity contribution is -0.137. The fraction of sp³-hybridized carbons (Fsp3) is 0.538. The summed E-state index contributed by atoms with van der Waals surface area (Å²) in [5.41, 5.74) is -0.612. The van der Waals surface area contributed by atoms with Gasteiger partial charge in [-0.1, -0.05) is 13.8 Å². The van der Waals surface area contributed by atoms with E-state index in [4.69, 9.17) is 4.74 Å². The average molecular weight is 261 g/mol. The number of benzene rings is 1. The van der Waals surface area contributed by atoms with E-state index in [1.54, 1.807) is 0 Å². The van der Waals surface area contributed by atoms with Crippen LogP contribution in [0.4, 0.5) is 18.9 Å². The number of anilines is 1. The van der Waals surface area contributed by atoms with E-state index in [0.717, 1.165) is 6.07 Å². The third kappa shape index (κ3) is 3.55. The zero-order chi connectivity index (χ0) is 13.9. The summed E-state index contributed by atoms with van der Waals surface area (Å²) in [5, 5.41) is 2.89. The summed E-state index contributed by atoms with van der Waals surface area (Å²) in [6.45, 7) is 5.76. The molecule has 2 nitrogen and oxygen atoms in total. The molecule has 102 valence electrons. The van der Waals surface area contributed by atoms with Gasteiger partial charge in [-0.25, -0.2) is 0 Å². The van der Waals surface area contributed by atoms with Crippen LogP contribution in [0.5, 0.6) is 5.75 Å². The molecule has 0 spiro atoms. The molecule has 0 aromatic heterocycles. The Morgan fingerprint density at radius 2 is 1.78 bits per heavy atom. The molecule has 1 rings (SSSR count). The van der Waals surface area contributed by atoms with Crippen LogP contribution in [-0.2, 0) is 6.18 Å². The second-order valence-electron chi connectivity index (χ2n) is 4.59. The van der Waals surface area contributed by atoms with Gasteiger partial charge in [0.05, 0.1) is 12.7 Å². The molecule has 5 heteroatoms. The third-order valence-electron chi connectivity index (χ3n) is 2.92. The highest BCUT2D eigenvalue weighted by molar-refractivity contribution is 5.56. The topological polar surface area (TPSA) is 21.3 Å². The van der Waals surface area contributed by atoms with Crippen LogP contribution >= 0.6 is 0 Å². The molecule has 0 heterocycles. The minimum Gasteiger partial charge on any atom is -0.497 e. The Morgan fingerprint density at radius 3 is 2.22 bits per heavy atom. The van der Waals surface area contributed by atoms with Gasteiger partial charge >= 0.3 is 6.18 Å². The highest BCUT2D eigenvalue weighted by Gasteiger charge is 2.34. The van der Waals surface area contributed by atoms with Gasteiger partial charge in [0.2, 0.25) is 0 Å². The van der Waals surface area contributed by atoms with Crippen molar-refractivity contribution in [1.82, 2.24) is 0 Å². The number of hydrogen-bond donors (Lipinski definition) is 1. The molecule has 1 atom stereocenters. The summed E-state index contributed by atoms with van der Waals surface area (Å²) in [6, 6.07) is 3.89. The molecular formula is C13H18F3NO. The van der Waals surface area contributed by atoms with E-state index in [9.17, 15) is 13.2 Å². The summed E-state index contributed by atoms with van der Waals surface area (Å²) in [7, 11) is 1.35. The van der Waals surface area contributed by atoms with Gasteiger partial charge in [0, 0.05) is 11.7 Å². The summed E-state index contributed by atoms with van der Waals surface area (Å²) >= 11 is 0. The predicted molar refractivity (Wildman–Crippen MR) is 65.9 cm³/mol. The van der Waals surface area contributed by atoms with Gasteiger partial charge in [0.15, 0.2) is 0 Å². The lowest BCUT2D eigenvalue weighted by Crippen LogP contribution is -2.23. The Labute approximate surface area is 105 Å². The lowest BCUT2D eigenvalue weighted by Gasteiger charge is -2.22. The second-order valence-corrected chi connectivity index (χ2v) is 4.59. The van der Waals surface area contributed by atoms with Crippen molar-refractivity contribution in [2.45, 2.75) is 33.0 Å². The summed E-state index contributed by atoms with van der Waals surface area (Å²) in [4.78, 5) is 0. The highest BCUT2D eigenvalue weighted by Crippen LogP contribution is 2.37. The normalized spacial score (nSPS) is 13.6. The smallest absolute Gasteiger partial charge is 0.418 e. The van der Waals surface area contributed by atoms with Crippen LogP contribution < -0.4 is 10.1 Å². The van der Waals surface area contributed by atoms with Gasteiger partial charge < -0.3 is 10.1 Å². The molecule has 0 bridgehead atoms. The fourth-order valence-electron chi connectivity index (χ4n) is 1.42. The van der Waals surface area contributed by atoms with Crippen molar-refractivity contribution in [2.75, 3.05) is 12.4 Å². The Bertz CT molecular complexity index is 402. The van der Waals surface area contributed by atoms with Gasteiger partial charge in [-0.15, -0.1) is 0 Å². The van der Waals surface area contributed by atoms with Crippen molar-refractivity contribution in [3.05, 3.63) is 23.8 Å². The predicted octanol–water partition coefficient (Wildman–Crippen LogP) is 4.17. The minimum atomic E-state index is -4.40. The number of alkyl halides is 3. The maximum absolute atomic E-state index is 12.9. The second kappa shape index (κ2) is 5.50. The van der Waals surface area contributed by atoms with E-state index in [2.05, 4.69) is 5.32 Å². The van der Waals surface area contributed by atoms with Crippen molar-refractivity contribution in [3.8, 4) is 5.75 Å². The highest BCUT2D eigenvalue weighted by atomic mass is 19.4. The zero-order valence-electron chi connectivity index (χ0n) is 10.9. The van der Waals surface area contributed by atoms with Crippen LogP contribution in [0.2, 0.25) is 0 Å². The van der Waals surface area contributed by atoms with Gasteiger partial charge in [-0.3, -0.25) is 0 Å². The number of methoxy groups -OCH3 is 1. The van der Waals surface area contributed by atoms with Crippen molar-refractivity contribution in [1.29, 1.82) is 0 Å². The van der Waals surface area contributed by atoms with E-state index in [0.29, 0.717) is 0 Å². The number of nitrogens with one attached hydrogen (secondary N) is 1. The first kappa shape index (κ1) is 14.7. The number of halogens is 3. The minimum absolute atomic E-state index is 0.0421.